The molecule has 0 bridgehead atoms. The summed E-state index contributed by atoms with van der Waals surface area (Å²) in [6, 6.07) is 5.75. The fourth-order valence-electron chi connectivity index (χ4n) is 1.99. The number of nitrogens with one attached hydrogen (secondary N) is 1. The molecule has 1 heterocycles. The van der Waals surface area contributed by atoms with Gasteiger partial charge in [-0.2, -0.15) is 0 Å². The summed E-state index contributed by atoms with van der Waals surface area (Å²) in [5, 5.41) is 12.2. The van der Waals surface area contributed by atoms with Crippen molar-refractivity contribution < 1.29 is 14.3 Å². The minimum absolute atomic E-state index is 0.0200. The van der Waals surface area contributed by atoms with Crippen LogP contribution in [0.25, 0.3) is 0 Å². The lowest BCUT2D eigenvalue weighted by atomic mass is 10.1. The highest BCUT2D eigenvalue weighted by atomic mass is 79.9. The predicted octanol–water partition coefficient (Wildman–Crippen LogP) is 3.97. The smallest absolute Gasteiger partial charge is 0.372 e. The lowest BCUT2D eigenvalue weighted by Gasteiger charge is -2.12. The highest BCUT2D eigenvalue weighted by molar-refractivity contribution is 9.10. The zero-order chi connectivity index (χ0) is 14.0. The number of aromatic carboxylic acids is 1. The van der Waals surface area contributed by atoms with E-state index in [2.05, 4.69) is 27.3 Å². The Morgan fingerprint density at radius 1 is 1.42 bits per heavy atom. The summed E-state index contributed by atoms with van der Waals surface area (Å²) in [5.74, 6) is -1.07. The van der Waals surface area contributed by atoms with E-state index in [0.29, 0.717) is 12.1 Å². The monoisotopic (exact) mass is 323 g/mol. The van der Waals surface area contributed by atoms with Crippen LogP contribution in [0.1, 0.15) is 27.2 Å². The van der Waals surface area contributed by atoms with E-state index in [1.165, 1.54) is 11.8 Å². The molecule has 0 aliphatic carbocycles. The van der Waals surface area contributed by atoms with Gasteiger partial charge in [0.25, 0.3) is 0 Å². The number of halogens is 1. The fraction of sp³-hybridized carbons (Fsp3) is 0.214. The summed E-state index contributed by atoms with van der Waals surface area (Å²) in [4.78, 5) is 10.9. The van der Waals surface area contributed by atoms with Crippen LogP contribution in [0.15, 0.2) is 33.4 Å². The number of furan rings is 1. The SMILES string of the molecule is Cc1cc(C)c(NCc2ccoc2C(=O)O)c(Br)c1. The lowest BCUT2D eigenvalue weighted by molar-refractivity contribution is 0.0661. The molecule has 0 atom stereocenters. The van der Waals surface area contributed by atoms with Gasteiger partial charge in [0.1, 0.15) is 0 Å². The normalized spacial score (nSPS) is 10.5. The highest BCUT2D eigenvalue weighted by Gasteiger charge is 2.14. The summed E-state index contributed by atoms with van der Waals surface area (Å²) in [5.41, 5.74) is 3.86. The Morgan fingerprint density at radius 3 is 2.79 bits per heavy atom. The van der Waals surface area contributed by atoms with Crippen LogP contribution < -0.4 is 5.32 Å². The Hall–Kier alpha value is -1.75. The van der Waals surface area contributed by atoms with E-state index in [9.17, 15) is 4.79 Å². The van der Waals surface area contributed by atoms with Gasteiger partial charge < -0.3 is 14.8 Å². The van der Waals surface area contributed by atoms with Gasteiger partial charge in [-0.05, 0) is 53.0 Å². The van der Waals surface area contributed by atoms with Crippen LogP contribution in [0, 0.1) is 13.8 Å². The first-order valence-corrected chi connectivity index (χ1v) is 6.58. The highest BCUT2D eigenvalue weighted by Crippen LogP contribution is 2.28. The molecule has 5 heteroatoms. The first-order valence-electron chi connectivity index (χ1n) is 5.79. The number of anilines is 1. The second kappa shape index (κ2) is 5.48. The molecule has 0 radical (unpaired) electrons. The average molecular weight is 324 g/mol. The molecular formula is C14H14BrNO3. The molecule has 100 valence electrons. The molecule has 1 aromatic heterocycles. The van der Waals surface area contributed by atoms with E-state index in [4.69, 9.17) is 9.52 Å². The summed E-state index contributed by atoms with van der Waals surface area (Å²) in [6.45, 7) is 4.44. The molecule has 1 aromatic carbocycles. The topological polar surface area (TPSA) is 62.5 Å². The summed E-state index contributed by atoms with van der Waals surface area (Å²) < 4.78 is 5.91. The number of hydrogen-bond donors (Lipinski definition) is 2. The average Bonchev–Trinajstić information content (AvgIpc) is 2.75. The number of carboxylic acid groups (broad SMARTS) is 1. The van der Waals surface area contributed by atoms with Crippen LogP contribution in [-0.4, -0.2) is 11.1 Å². The first-order chi connectivity index (χ1) is 8.99. The quantitative estimate of drug-likeness (QED) is 0.893. The van der Waals surface area contributed by atoms with Crippen LogP contribution >= 0.6 is 15.9 Å². The molecule has 0 fully saturated rings. The van der Waals surface area contributed by atoms with Gasteiger partial charge in [0, 0.05) is 16.6 Å². The van der Waals surface area contributed by atoms with Crippen molar-refractivity contribution in [2.24, 2.45) is 0 Å². The minimum Gasteiger partial charge on any atom is -0.475 e. The molecule has 0 amide bonds. The molecule has 0 spiro atoms. The van der Waals surface area contributed by atoms with Gasteiger partial charge in [0.2, 0.25) is 5.76 Å². The third kappa shape index (κ3) is 2.98. The molecule has 19 heavy (non-hydrogen) atoms. The molecular weight excluding hydrogens is 310 g/mol. The van der Waals surface area contributed by atoms with Crippen molar-refractivity contribution in [2.45, 2.75) is 20.4 Å². The van der Waals surface area contributed by atoms with Gasteiger partial charge in [-0.3, -0.25) is 0 Å². The number of aryl methyl sites for hydroxylation is 2. The van der Waals surface area contributed by atoms with Gasteiger partial charge in [0.05, 0.1) is 12.0 Å². The van der Waals surface area contributed by atoms with Crippen molar-refractivity contribution in [3.05, 3.63) is 51.4 Å². The third-order valence-corrected chi connectivity index (χ3v) is 3.45. The van der Waals surface area contributed by atoms with E-state index in [0.717, 1.165) is 15.7 Å². The van der Waals surface area contributed by atoms with Crippen molar-refractivity contribution in [1.29, 1.82) is 0 Å². The number of carbonyl (C=O) groups is 1. The van der Waals surface area contributed by atoms with Crippen molar-refractivity contribution in [1.82, 2.24) is 0 Å². The molecule has 4 nitrogen and oxygen atoms in total. The second-order valence-corrected chi connectivity index (χ2v) is 5.23. The minimum atomic E-state index is -1.05. The standard InChI is InChI=1S/C14H14BrNO3/c1-8-5-9(2)12(11(15)6-8)16-7-10-3-4-19-13(10)14(17)18/h3-6,16H,7H2,1-2H3,(H,17,18). The van der Waals surface area contributed by atoms with E-state index in [1.54, 1.807) is 6.07 Å². The molecule has 0 aliphatic heterocycles. The maximum Gasteiger partial charge on any atom is 0.372 e. The first kappa shape index (κ1) is 13.7. The predicted molar refractivity (Wildman–Crippen MR) is 76.6 cm³/mol. The van der Waals surface area contributed by atoms with Gasteiger partial charge >= 0.3 is 5.97 Å². The Labute approximate surface area is 119 Å². The Morgan fingerprint density at radius 2 is 2.16 bits per heavy atom. The van der Waals surface area contributed by atoms with Gasteiger partial charge in [-0.25, -0.2) is 4.79 Å². The summed E-state index contributed by atoms with van der Waals surface area (Å²) in [7, 11) is 0. The van der Waals surface area contributed by atoms with Crippen molar-refractivity contribution in [3.63, 3.8) is 0 Å². The molecule has 2 rings (SSSR count). The second-order valence-electron chi connectivity index (χ2n) is 4.37. The summed E-state index contributed by atoms with van der Waals surface area (Å²) >= 11 is 3.51. The largest absolute Gasteiger partial charge is 0.475 e. The van der Waals surface area contributed by atoms with Crippen LogP contribution in [0.4, 0.5) is 5.69 Å². The van der Waals surface area contributed by atoms with Crippen molar-refractivity contribution in [2.75, 3.05) is 5.32 Å². The zero-order valence-corrected chi connectivity index (χ0v) is 12.2. The number of hydrogen-bond acceptors (Lipinski definition) is 3. The van der Waals surface area contributed by atoms with E-state index in [1.807, 2.05) is 19.9 Å². The van der Waals surface area contributed by atoms with Gasteiger partial charge in [-0.15, -0.1) is 0 Å². The number of benzene rings is 1. The fourth-order valence-corrected chi connectivity index (χ4v) is 2.80. The van der Waals surface area contributed by atoms with Gasteiger partial charge in [0.15, 0.2) is 0 Å². The maximum atomic E-state index is 10.9. The van der Waals surface area contributed by atoms with E-state index >= 15 is 0 Å². The van der Waals surface area contributed by atoms with E-state index in [-0.39, 0.29) is 5.76 Å². The van der Waals surface area contributed by atoms with Crippen LogP contribution in [-0.2, 0) is 6.54 Å². The number of rotatable bonds is 4. The Kier molecular flexibility index (Phi) is 3.95. The van der Waals surface area contributed by atoms with E-state index < -0.39 is 5.97 Å². The molecule has 0 aliphatic rings. The van der Waals surface area contributed by atoms with Gasteiger partial charge in [-0.1, -0.05) is 6.07 Å². The molecule has 0 unspecified atom stereocenters. The third-order valence-electron chi connectivity index (χ3n) is 2.83. The Balaban J connectivity index is 2.19. The van der Waals surface area contributed by atoms with Crippen LogP contribution in [0.5, 0.6) is 0 Å². The molecule has 0 saturated carbocycles. The molecule has 2 aromatic rings. The van der Waals surface area contributed by atoms with Crippen LogP contribution in [0.3, 0.4) is 0 Å². The maximum absolute atomic E-state index is 10.9. The van der Waals surface area contributed by atoms with Crippen LogP contribution in [0.2, 0.25) is 0 Å². The van der Waals surface area contributed by atoms with Crippen molar-refractivity contribution in [3.8, 4) is 0 Å². The number of carboxylic acids is 1. The molecule has 0 saturated heterocycles. The Bertz CT molecular complexity index is 596. The molecule has 2 N–H and O–H groups in total. The lowest BCUT2D eigenvalue weighted by Crippen LogP contribution is -2.06. The zero-order valence-electron chi connectivity index (χ0n) is 10.7. The summed E-state index contributed by atoms with van der Waals surface area (Å²) in [6.07, 6.45) is 1.39. The van der Waals surface area contributed by atoms with Crippen molar-refractivity contribution >= 4 is 27.6 Å².